The van der Waals surface area contributed by atoms with E-state index >= 15 is 0 Å². The summed E-state index contributed by atoms with van der Waals surface area (Å²) in [6.07, 6.45) is 0.208. The number of imide groups is 1. The van der Waals surface area contributed by atoms with Crippen molar-refractivity contribution >= 4 is 29.1 Å². The van der Waals surface area contributed by atoms with E-state index in [4.69, 9.17) is 11.6 Å². The van der Waals surface area contributed by atoms with E-state index in [1.807, 2.05) is 19.9 Å². The van der Waals surface area contributed by atoms with Crippen LogP contribution in [0, 0.1) is 19.8 Å². The molecular formula is C16H16ClN3O2. The number of benzene rings is 1. The number of rotatable bonds is 3. The molecule has 0 radical (unpaired) electrons. The van der Waals surface area contributed by atoms with Gasteiger partial charge in [-0.05, 0) is 44.2 Å². The van der Waals surface area contributed by atoms with Crippen molar-refractivity contribution in [1.82, 2.24) is 9.78 Å². The van der Waals surface area contributed by atoms with E-state index in [1.54, 1.807) is 28.9 Å². The molecule has 0 bridgehead atoms. The van der Waals surface area contributed by atoms with Crippen molar-refractivity contribution in [1.29, 1.82) is 0 Å². The minimum atomic E-state index is -0.374. The maximum atomic E-state index is 12.6. The molecule has 5 nitrogen and oxygen atoms in total. The van der Waals surface area contributed by atoms with Crippen molar-refractivity contribution in [3.8, 4) is 0 Å². The van der Waals surface area contributed by atoms with Crippen molar-refractivity contribution in [3.63, 3.8) is 0 Å². The molecule has 1 saturated heterocycles. The summed E-state index contributed by atoms with van der Waals surface area (Å²) in [6.45, 7) is 4.28. The molecule has 0 N–H and O–H groups in total. The van der Waals surface area contributed by atoms with Crippen LogP contribution in [0.4, 0.5) is 5.69 Å². The average Bonchev–Trinajstić information content (AvgIpc) is 2.92. The van der Waals surface area contributed by atoms with Crippen LogP contribution in [0.3, 0.4) is 0 Å². The summed E-state index contributed by atoms with van der Waals surface area (Å²) < 4.78 is 1.79. The number of aromatic nitrogens is 2. The first-order chi connectivity index (χ1) is 10.5. The van der Waals surface area contributed by atoms with Gasteiger partial charge in [0.25, 0.3) is 0 Å². The molecule has 2 heterocycles. The van der Waals surface area contributed by atoms with Crippen LogP contribution in [0.2, 0.25) is 5.02 Å². The average molecular weight is 318 g/mol. The Kier molecular flexibility index (Phi) is 3.74. The highest BCUT2D eigenvalue weighted by molar-refractivity contribution is 6.30. The summed E-state index contributed by atoms with van der Waals surface area (Å²) in [6, 6.07) is 8.67. The van der Waals surface area contributed by atoms with Crippen LogP contribution in [-0.4, -0.2) is 21.6 Å². The van der Waals surface area contributed by atoms with Crippen molar-refractivity contribution in [2.75, 3.05) is 4.90 Å². The largest absolute Gasteiger partial charge is 0.274 e. The summed E-state index contributed by atoms with van der Waals surface area (Å²) in [5.74, 6) is -0.736. The second-order valence-electron chi connectivity index (χ2n) is 5.55. The summed E-state index contributed by atoms with van der Waals surface area (Å²) in [5.41, 5.74) is 2.46. The van der Waals surface area contributed by atoms with Crippen molar-refractivity contribution in [3.05, 3.63) is 46.7 Å². The van der Waals surface area contributed by atoms with Gasteiger partial charge in [0, 0.05) is 17.1 Å². The second kappa shape index (κ2) is 5.57. The third kappa shape index (κ3) is 2.64. The first kappa shape index (κ1) is 14.8. The van der Waals surface area contributed by atoms with Crippen LogP contribution in [-0.2, 0) is 16.1 Å². The molecule has 0 spiro atoms. The van der Waals surface area contributed by atoms with Gasteiger partial charge in [0.15, 0.2) is 0 Å². The highest BCUT2D eigenvalue weighted by Crippen LogP contribution is 2.28. The van der Waals surface area contributed by atoms with Crippen LogP contribution >= 0.6 is 11.6 Å². The molecule has 114 valence electrons. The zero-order valence-electron chi connectivity index (χ0n) is 12.4. The number of amides is 2. The van der Waals surface area contributed by atoms with Gasteiger partial charge in [-0.2, -0.15) is 5.10 Å². The summed E-state index contributed by atoms with van der Waals surface area (Å²) >= 11 is 5.85. The van der Waals surface area contributed by atoms with Gasteiger partial charge in [0.05, 0.1) is 23.8 Å². The predicted molar refractivity (Wildman–Crippen MR) is 83.8 cm³/mol. The minimum Gasteiger partial charge on any atom is -0.274 e. The van der Waals surface area contributed by atoms with Crippen molar-refractivity contribution < 1.29 is 9.59 Å². The van der Waals surface area contributed by atoms with Crippen LogP contribution in [0.25, 0.3) is 0 Å². The number of carbonyl (C=O) groups excluding carboxylic acids is 2. The molecule has 1 aromatic carbocycles. The normalized spacial score (nSPS) is 18.3. The lowest BCUT2D eigenvalue weighted by molar-refractivity contribution is -0.122. The standard InChI is InChI=1S/C16H16ClN3O2/c1-10-7-11(2)19(18-10)9-12-8-15(21)20(16(12)22)14-5-3-13(17)4-6-14/h3-7,12H,8-9H2,1-2H3. The summed E-state index contributed by atoms with van der Waals surface area (Å²) in [7, 11) is 0. The molecule has 0 saturated carbocycles. The van der Waals surface area contributed by atoms with Gasteiger partial charge in [-0.3, -0.25) is 19.2 Å². The zero-order chi connectivity index (χ0) is 15.9. The Hall–Kier alpha value is -2.14. The number of halogens is 1. The second-order valence-corrected chi connectivity index (χ2v) is 5.99. The van der Waals surface area contributed by atoms with E-state index in [-0.39, 0.29) is 24.2 Å². The summed E-state index contributed by atoms with van der Waals surface area (Å²) in [4.78, 5) is 26.0. The van der Waals surface area contributed by atoms with Crippen LogP contribution < -0.4 is 4.90 Å². The maximum Gasteiger partial charge on any atom is 0.239 e. The number of hydrogen-bond acceptors (Lipinski definition) is 3. The van der Waals surface area contributed by atoms with E-state index in [1.165, 1.54) is 4.90 Å². The number of hydrogen-bond donors (Lipinski definition) is 0. The van der Waals surface area contributed by atoms with Gasteiger partial charge in [-0.15, -0.1) is 0 Å². The first-order valence-electron chi connectivity index (χ1n) is 7.09. The quantitative estimate of drug-likeness (QED) is 0.818. The molecule has 1 fully saturated rings. The van der Waals surface area contributed by atoms with Gasteiger partial charge in [0.1, 0.15) is 0 Å². The maximum absolute atomic E-state index is 12.6. The molecule has 2 aromatic rings. The van der Waals surface area contributed by atoms with E-state index in [0.29, 0.717) is 17.3 Å². The van der Waals surface area contributed by atoms with E-state index in [9.17, 15) is 9.59 Å². The van der Waals surface area contributed by atoms with E-state index < -0.39 is 0 Å². The Balaban J connectivity index is 1.82. The fourth-order valence-corrected chi connectivity index (χ4v) is 2.89. The number of nitrogens with zero attached hydrogens (tertiary/aromatic N) is 3. The molecular weight excluding hydrogens is 302 g/mol. The van der Waals surface area contributed by atoms with Gasteiger partial charge >= 0.3 is 0 Å². The predicted octanol–water partition coefficient (Wildman–Crippen LogP) is 2.73. The van der Waals surface area contributed by atoms with E-state index in [2.05, 4.69) is 5.10 Å². The SMILES string of the molecule is Cc1cc(C)n(CC2CC(=O)N(c3ccc(Cl)cc3)C2=O)n1. The molecule has 6 heteroatoms. The third-order valence-corrected chi connectivity index (χ3v) is 4.07. The Bertz CT molecular complexity index is 736. The number of anilines is 1. The molecule has 1 aliphatic rings. The molecule has 22 heavy (non-hydrogen) atoms. The molecule has 1 atom stereocenters. The first-order valence-corrected chi connectivity index (χ1v) is 7.47. The molecule has 2 amide bonds. The fraction of sp³-hybridized carbons (Fsp3) is 0.312. The molecule has 0 aliphatic carbocycles. The topological polar surface area (TPSA) is 55.2 Å². The van der Waals surface area contributed by atoms with Gasteiger partial charge in [0.2, 0.25) is 11.8 Å². The van der Waals surface area contributed by atoms with Gasteiger partial charge in [-0.1, -0.05) is 11.6 Å². The fourth-order valence-electron chi connectivity index (χ4n) is 2.77. The van der Waals surface area contributed by atoms with E-state index in [0.717, 1.165) is 11.4 Å². The Morgan fingerprint density at radius 1 is 1.23 bits per heavy atom. The van der Waals surface area contributed by atoms with Crippen molar-refractivity contribution in [2.45, 2.75) is 26.8 Å². The number of carbonyl (C=O) groups is 2. The Morgan fingerprint density at radius 2 is 1.91 bits per heavy atom. The summed E-state index contributed by atoms with van der Waals surface area (Å²) in [5, 5.41) is 4.93. The minimum absolute atomic E-state index is 0.181. The molecule has 3 rings (SSSR count). The molecule has 1 aliphatic heterocycles. The van der Waals surface area contributed by atoms with Crippen LogP contribution in [0.1, 0.15) is 17.8 Å². The molecule has 1 aromatic heterocycles. The lowest BCUT2D eigenvalue weighted by atomic mass is 10.1. The van der Waals surface area contributed by atoms with Crippen molar-refractivity contribution in [2.24, 2.45) is 5.92 Å². The Labute approximate surface area is 133 Å². The van der Waals surface area contributed by atoms with Crippen LogP contribution in [0.15, 0.2) is 30.3 Å². The van der Waals surface area contributed by atoms with Gasteiger partial charge < -0.3 is 0 Å². The van der Waals surface area contributed by atoms with Crippen LogP contribution in [0.5, 0.6) is 0 Å². The highest BCUT2D eigenvalue weighted by atomic mass is 35.5. The molecule has 1 unspecified atom stereocenters. The van der Waals surface area contributed by atoms with Gasteiger partial charge in [-0.25, -0.2) is 0 Å². The zero-order valence-corrected chi connectivity index (χ0v) is 13.2. The monoisotopic (exact) mass is 317 g/mol. The highest BCUT2D eigenvalue weighted by Gasteiger charge is 2.39. The Morgan fingerprint density at radius 3 is 2.50 bits per heavy atom. The lowest BCUT2D eigenvalue weighted by Gasteiger charge is -2.15. The third-order valence-electron chi connectivity index (χ3n) is 3.82. The number of aryl methyl sites for hydroxylation is 2. The lowest BCUT2D eigenvalue weighted by Crippen LogP contribution is -2.31. The smallest absolute Gasteiger partial charge is 0.239 e.